The van der Waals surface area contributed by atoms with Crippen LogP contribution in [0.2, 0.25) is 0 Å². The molecular weight excluding hydrogens is 467 g/mol. The van der Waals surface area contributed by atoms with E-state index in [9.17, 15) is 4.79 Å². The zero-order chi connectivity index (χ0) is 19.9. The number of guanidine groups is 1. The third-order valence-corrected chi connectivity index (χ3v) is 4.70. The van der Waals surface area contributed by atoms with Crippen LogP contribution in [0.25, 0.3) is 0 Å². The Morgan fingerprint density at radius 3 is 2.46 bits per heavy atom. The Kier molecular flexibility index (Phi) is 10.1. The number of para-hydroxylation sites is 1. The van der Waals surface area contributed by atoms with E-state index in [0.717, 1.165) is 43.2 Å². The highest BCUT2D eigenvalue weighted by atomic mass is 127. The molecule has 158 valence electrons. The Morgan fingerprint density at radius 1 is 1.25 bits per heavy atom. The van der Waals surface area contributed by atoms with Crippen molar-refractivity contribution in [2.75, 3.05) is 27.2 Å². The van der Waals surface area contributed by atoms with Crippen molar-refractivity contribution in [1.29, 1.82) is 0 Å². The summed E-state index contributed by atoms with van der Waals surface area (Å²) in [6.07, 6.45) is 2.64. The van der Waals surface area contributed by atoms with Crippen molar-refractivity contribution in [3.05, 3.63) is 29.8 Å². The van der Waals surface area contributed by atoms with Crippen LogP contribution in [0.15, 0.2) is 29.3 Å². The number of carbonyl (C=O) groups excluding carboxylic acids is 1. The Morgan fingerprint density at radius 2 is 1.89 bits per heavy atom. The van der Waals surface area contributed by atoms with E-state index in [1.165, 1.54) is 0 Å². The molecule has 0 saturated carbocycles. The highest BCUT2D eigenvalue weighted by Gasteiger charge is 2.23. The second kappa shape index (κ2) is 11.5. The highest BCUT2D eigenvalue weighted by Crippen LogP contribution is 2.23. The molecule has 2 rings (SSSR count). The van der Waals surface area contributed by atoms with Gasteiger partial charge in [-0.2, -0.15) is 0 Å². The number of nitrogens with one attached hydrogen (secondary N) is 2. The average Bonchev–Trinajstić information content (AvgIpc) is 2.63. The predicted molar refractivity (Wildman–Crippen MR) is 125 cm³/mol. The fourth-order valence-electron chi connectivity index (χ4n) is 3.30. The van der Waals surface area contributed by atoms with E-state index < -0.39 is 0 Å². The molecule has 0 bridgehead atoms. The summed E-state index contributed by atoms with van der Waals surface area (Å²) in [5.41, 5.74) is 0.882. The van der Waals surface area contributed by atoms with Crippen LogP contribution >= 0.6 is 24.0 Å². The molecule has 0 spiro atoms. The predicted octanol–water partition coefficient (Wildman–Crippen LogP) is 3.41. The molecule has 2 N–H and O–H groups in total. The first-order chi connectivity index (χ1) is 12.8. The summed E-state index contributed by atoms with van der Waals surface area (Å²) in [6.45, 7) is 8.66. The van der Waals surface area contributed by atoms with Gasteiger partial charge in [-0.05, 0) is 45.6 Å². The van der Waals surface area contributed by atoms with Gasteiger partial charge in [0.05, 0.1) is 0 Å². The molecule has 1 saturated heterocycles. The molecule has 1 fully saturated rings. The van der Waals surface area contributed by atoms with Crippen molar-refractivity contribution in [2.45, 2.75) is 52.2 Å². The zero-order valence-corrected chi connectivity index (χ0v) is 20.1. The van der Waals surface area contributed by atoms with E-state index in [-0.39, 0.29) is 35.5 Å². The number of likely N-dealkylation sites (tertiary alicyclic amines) is 1. The standard InChI is InChI=1S/C21H34N4O2.HI/c1-21(2,3)27-18-9-7-6-8-17(18)15-24-20(23-5)25-12-10-16(11-13-25)14-19(26)22-4;/h6-9,16H,10-15H2,1-5H3,(H,22,26)(H,23,24);1H. The lowest BCUT2D eigenvalue weighted by Gasteiger charge is -2.34. The quantitative estimate of drug-likeness (QED) is 0.368. The molecule has 1 aliphatic rings. The normalized spacial score (nSPS) is 15.6. The van der Waals surface area contributed by atoms with E-state index in [1.54, 1.807) is 7.05 Å². The Bertz CT molecular complexity index is 650. The fourth-order valence-corrected chi connectivity index (χ4v) is 3.30. The van der Waals surface area contributed by atoms with Crippen molar-refractivity contribution in [3.8, 4) is 5.75 Å². The van der Waals surface area contributed by atoms with Crippen LogP contribution < -0.4 is 15.4 Å². The monoisotopic (exact) mass is 502 g/mol. The SMILES string of the molecule is CN=C(NCc1ccccc1OC(C)(C)C)N1CCC(CC(=O)NC)CC1.I. The minimum atomic E-state index is -0.232. The van der Waals surface area contributed by atoms with E-state index >= 15 is 0 Å². The summed E-state index contributed by atoms with van der Waals surface area (Å²) >= 11 is 0. The zero-order valence-electron chi connectivity index (χ0n) is 17.7. The van der Waals surface area contributed by atoms with Crippen LogP contribution in [0.4, 0.5) is 0 Å². The first kappa shape index (κ1) is 24.5. The molecule has 0 unspecified atom stereocenters. The van der Waals surface area contributed by atoms with Gasteiger partial charge in [0.1, 0.15) is 11.4 Å². The second-order valence-corrected chi connectivity index (χ2v) is 8.03. The molecule has 6 nitrogen and oxygen atoms in total. The number of halogens is 1. The van der Waals surface area contributed by atoms with Gasteiger partial charge in [0.15, 0.2) is 5.96 Å². The fraction of sp³-hybridized carbons (Fsp3) is 0.619. The van der Waals surface area contributed by atoms with Crippen LogP contribution in [-0.4, -0.2) is 49.6 Å². The van der Waals surface area contributed by atoms with Crippen LogP contribution in [0, 0.1) is 5.92 Å². The van der Waals surface area contributed by atoms with Crippen LogP contribution in [0.1, 0.15) is 45.6 Å². The molecule has 28 heavy (non-hydrogen) atoms. The number of hydrogen-bond acceptors (Lipinski definition) is 3. The maximum atomic E-state index is 11.6. The minimum Gasteiger partial charge on any atom is -0.488 e. The summed E-state index contributed by atoms with van der Waals surface area (Å²) in [5.74, 6) is 2.39. The van der Waals surface area contributed by atoms with Gasteiger partial charge in [-0.3, -0.25) is 9.79 Å². The molecule has 1 heterocycles. The maximum absolute atomic E-state index is 11.6. The van der Waals surface area contributed by atoms with E-state index in [2.05, 4.69) is 47.4 Å². The highest BCUT2D eigenvalue weighted by molar-refractivity contribution is 14.0. The van der Waals surface area contributed by atoms with E-state index in [4.69, 9.17) is 4.74 Å². The topological polar surface area (TPSA) is 66.0 Å². The minimum absolute atomic E-state index is 0. The summed E-state index contributed by atoms with van der Waals surface area (Å²) < 4.78 is 6.07. The van der Waals surface area contributed by atoms with Crippen LogP contribution in [0.3, 0.4) is 0 Å². The van der Waals surface area contributed by atoms with Crippen LogP contribution in [0.5, 0.6) is 5.75 Å². The molecule has 0 aliphatic carbocycles. The number of hydrogen-bond donors (Lipinski definition) is 2. The molecule has 0 atom stereocenters. The van der Waals surface area contributed by atoms with Gasteiger partial charge in [0, 0.05) is 45.7 Å². The number of ether oxygens (including phenoxy) is 1. The molecule has 1 amide bonds. The van der Waals surface area contributed by atoms with Gasteiger partial charge in [0.25, 0.3) is 0 Å². The number of amides is 1. The maximum Gasteiger partial charge on any atom is 0.220 e. The lowest BCUT2D eigenvalue weighted by Crippen LogP contribution is -2.45. The lowest BCUT2D eigenvalue weighted by molar-refractivity contribution is -0.121. The first-order valence-corrected chi connectivity index (χ1v) is 9.75. The number of carbonyl (C=O) groups is 1. The third kappa shape index (κ3) is 7.85. The van der Waals surface area contributed by atoms with Gasteiger partial charge < -0.3 is 20.3 Å². The molecular formula is C21H35IN4O2. The van der Waals surface area contributed by atoms with Crippen LogP contribution in [-0.2, 0) is 11.3 Å². The first-order valence-electron chi connectivity index (χ1n) is 9.75. The van der Waals surface area contributed by atoms with Crippen molar-refractivity contribution in [3.63, 3.8) is 0 Å². The number of aliphatic imine (C=N–C) groups is 1. The second-order valence-electron chi connectivity index (χ2n) is 8.03. The number of rotatable bonds is 5. The van der Waals surface area contributed by atoms with Crippen molar-refractivity contribution >= 4 is 35.8 Å². The molecule has 1 aromatic rings. The summed E-state index contributed by atoms with van der Waals surface area (Å²) in [4.78, 5) is 18.3. The molecule has 1 aromatic carbocycles. The van der Waals surface area contributed by atoms with Gasteiger partial charge in [-0.15, -0.1) is 24.0 Å². The summed E-state index contributed by atoms with van der Waals surface area (Å²) in [6, 6.07) is 8.11. The molecule has 0 aromatic heterocycles. The van der Waals surface area contributed by atoms with Crippen molar-refractivity contribution in [1.82, 2.24) is 15.5 Å². The van der Waals surface area contributed by atoms with Crippen molar-refractivity contribution in [2.24, 2.45) is 10.9 Å². The van der Waals surface area contributed by atoms with Gasteiger partial charge in [-0.1, -0.05) is 18.2 Å². The number of piperidine rings is 1. The summed E-state index contributed by atoms with van der Waals surface area (Å²) in [5, 5.41) is 6.18. The smallest absolute Gasteiger partial charge is 0.220 e. The lowest BCUT2D eigenvalue weighted by atomic mass is 9.93. The Hall–Kier alpha value is -1.51. The van der Waals surface area contributed by atoms with Crippen molar-refractivity contribution < 1.29 is 9.53 Å². The van der Waals surface area contributed by atoms with Gasteiger partial charge >= 0.3 is 0 Å². The Labute approximate surface area is 186 Å². The summed E-state index contributed by atoms with van der Waals surface area (Å²) in [7, 11) is 3.51. The molecule has 7 heteroatoms. The van der Waals surface area contributed by atoms with Gasteiger partial charge in [-0.25, -0.2) is 0 Å². The van der Waals surface area contributed by atoms with E-state index in [1.807, 2.05) is 25.2 Å². The molecule has 0 radical (unpaired) electrons. The largest absolute Gasteiger partial charge is 0.488 e. The third-order valence-electron chi connectivity index (χ3n) is 4.70. The number of benzene rings is 1. The average molecular weight is 502 g/mol. The number of nitrogens with zero attached hydrogens (tertiary/aromatic N) is 2. The van der Waals surface area contributed by atoms with E-state index in [0.29, 0.717) is 18.9 Å². The van der Waals surface area contributed by atoms with Gasteiger partial charge in [0.2, 0.25) is 5.91 Å². The molecule has 1 aliphatic heterocycles. The Balaban J connectivity index is 0.00000392.